The molecule has 2 rings (SSSR count). The van der Waals surface area contributed by atoms with Gasteiger partial charge in [0.05, 0.1) is 0 Å². The van der Waals surface area contributed by atoms with Gasteiger partial charge in [0.2, 0.25) is 0 Å². The highest BCUT2D eigenvalue weighted by atomic mass is 35.5. The van der Waals surface area contributed by atoms with E-state index in [-0.39, 0.29) is 12.4 Å². The molecule has 0 amide bonds. The number of hydrogen-bond donors (Lipinski definition) is 1. The first-order valence-corrected chi connectivity index (χ1v) is 5.93. The van der Waals surface area contributed by atoms with Crippen molar-refractivity contribution in [3.63, 3.8) is 0 Å². The van der Waals surface area contributed by atoms with Crippen LogP contribution in [0.4, 0.5) is 0 Å². The fourth-order valence-corrected chi connectivity index (χ4v) is 1.90. The smallest absolute Gasteiger partial charge is 0.259 e. The minimum atomic E-state index is 0. The quantitative estimate of drug-likeness (QED) is 0.830. The molecule has 0 aromatic heterocycles. The average Bonchev–Trinajstić information content (AvgIpc) is 2.38. The van der Waals surface area contributed by atoms with Crippen LogP contribution in [0.1, 0.15) is 5.56 Å². The van der Waals surface area contributed by atoms with E-state index >= 15 is 0 Å². The molecule has 1 fully saturated rings. The minimum Gasteiger partial charge on any atom is -0.466 e. The topological polar surface area (TPSA) is 24.5 Å². The van der Waals surface area contributed by atoms with E-state index in [9.17, 15) is 0 Å². The number of rotatable bonds is 2. The molecule has 0 aliphatic carbocycles. The molecule has 3 nitrogen and oxygen atoms in total. The van der Waals surface area contributed by atoms with Crippen molar-refractivity contribution in [2.75, 3.05) is 26.2 Å². The maximum atomic E-state index is 5.60. The SMILES string of the molecule is Cl.S=C(OCc1ccccc1)N1CCNCC1. The summed E-state index contributed by atoms with van der Waals surface area (Å²) in [5, 5.41) is 3.90. The van der Waals surface area contributed by atoms with Crippen molar-refractivity contribution in [2.45, 2.75) is 6.61 Å². The summed E-state index contributed by atoms with van der Waals surface area (Å²) in [7, 11) is 0. The minimum absolute atomic E-state index is 0. The molecule has 1 aromatic carbocycles. The molecule has 1 aliphatic rings. The Morgan fingerprint density at radius 1 is 1.24 bits per heavy atom. The summed E-state index contributed by atoms with van der Waals surface area (Å²) in [6.45, 7) is 4.40. The van der Waals surface area contributed by atoms with Crippen LogP contribution in [0.2, 0.25) is 0 Å². The van der Waals surface area contributed by atoms with Gasteiger partial charge in [-0.2, -0.15) is 0 Å². The summed E-state index contributed by atoms with van der Waals surface area (Å²) in [6, 6.07) is 10.1. The van der Waals surface area contributed by atoms with Gasteiger partial charge in [0.1, 0.15) is 6.61 Å². The van der Waals surface area contributed by atoms with Crippen molar-refractivity contribution < 1.29 is 4.74 Å². The van der Waals surface area contributed by atoms with E-state index in [0.717, 1.165) is 31.7 Å². The Kier molecular flexibility index (Phi) is 6.26. The lowest BCUT2D eigenvalue weighted by Gasteiger charge is -2.28. The molecule has 0 atom stereocenters. The summed E-state index contributed by atoms with van der Waals surface area (Å²) in [5.74, 6) is 0. The molecule has 0 saturated carbocycles. The lowest BCUT2D eigenvalue weighted by Crippen LogP contribution is -2.46. The fourth-order valence-electron chi connectivity index (χ4n) is 1.66. The van der Waals surface area contributed by atoms with E-state index < -0.39 is 0 Å². The summed E-state index contributed by atoms with van der Waals surface area (Å²) < 4.78 is 5.60. The molecule has 0 radical (unpaired) electrons. The molecular weight excluding hydrogens is 256 g/mol. The highest BCUT2D eigenvalue weighted by Gasteiger charge is 2.13. The van der Waals surface area contributed by atoms with Gasteiger partial charge in [-0.15, -0.1) is 12.4 Å². The first-order valence-electron chi connectivity index (χ1n) is 5.52. The predicted octanol–water partition coefficient (Wildman–Crippen LogP) is 1.82. The molecule has 0 spiro atoms. The van der Waals surface area contributed by atoms with Gasteiger partial charge in [-0.25, -0.2) is 0 Å². The van der Waals surface area contributed by atoms with E-state index in [1.54, 1.807) is 0 Å². The van der Waals surface area contributed by atoms with Gasteiger partial charge in [0, 0.05) is 26.2 Å². The van der Waals surface area contributed by atoms with Crippen LogP contribution in [0.25, 0.3) is 0 Å². The molecule has 0 bridgehead atoms. The number of hydrogen-bond acceptors (Lipinski definition) is 3. The molecule has 94 valence electrons. The maximum Gasteiger partial charge on any atom is 0.259 e. The Bertz CT molecular complexity index is 342. The normalized spacial score (nSPS) is 14.9. The Morgan fingerprint density at radius 2 is 1.88 bits per heavy atom. The second kappa shape index (κ2) is 7.48. The highest BCUT2D eigenvalue weighted by Crippen LogP contribution is 2.04. The van der Waals surface area contributed by atoms with E-state index in [2.05, 4.69) is 10.2 Å². The van der Waals surface area contributed by atoms with E-state index in [1.807, 2.05) is 30.3 Å². The van der Waals surface area contributed by atoms with Gasteiger partial charge in [0.25, 0.3) is 5.17 Å². The van der Waals surface area contributed by atoms with Gasteiger partial charge < -0.3 is 15.0 Å². The van der Waals surface area contributed by atoms with Crippen molar-refractivity contribution in [2.24, 2.45) is 0 Å². The van der Waals surface area contributed by atoms with Gasteiger partial charge in [0.15, 0.2) is 0 Å². The van der Waals surface area contributed by atoms with Crippen LogP contribution in [-0.4, -0.2) is 36.3 Å². The van der Waals surface area contributed by atoms with Crippen LogP contribution >= 0.6 is 24.6 Å². The summed E-state index contributed by atoms with van der Waals surface area (Å²) in [6.07, 6.45) is 0. The Morgan fingerprint density at radius 3 is 2.53 bits per heavy atom. The zero-order valence-corrected chi connectivity index (χ0v) is 11.2. The van der Waals surface area contributed by atoms with Crippen LogP contribution in [0.3, 0.4) is 0 Å². The number of ether oxygens (including phenoxy) is 1. The summed E-state index contributed by atoms with van der Waals surface area (Å²) in [5.41, 5.74) is 1.15. The second-order valence-electron chi connectivity index (χ2n) is 3.78. The number of benzene rings is 1. The van der Waals surface area contributed by atoms with Crippen molar-refractivity contribution in [3.05, 3.63) is 35.9 Å². The van der Waals surface area contributed by atoms with Crippen LogP contribution in [-0.2, 0) is 11.3 Å². The number of piperazine rings is 1. The second-order valence-corrected chi connectivity index (χ2v) is 4.13. The summed E-state index contributed by atoms with van der Waals surface area (Å²) in [4.78, 5) is 2.11. The number of nitrogens with zero attached hydrogens (tertiary/aromatic N) is 1. The average molecular weight is 273 g/mol. The third-order valence-corrected chi connectivity index (χ3v) is 2.96. The summed E-state index contributed by atoms with van der Waals surface area (Å²) >= 11 is 5.25. The Hall–Kier alpha value is -0.840. The number of thiocarbonyl (C=S) groups is 1. The standard InChI is InChI=1S/C12H16N2OS.ClH/c16-12(14-8-6-13-7-9-14)15-10-11-4-2-1-3-5-11;/h1-5,13H,6-10H2;1H. The van der Waals surface area contributed by atoms with Crippen LogP contribution < -0.4 is 5.32 Å². The molecule has 0 unspecified atom stereocenters. The van der Waals surface area contributed by atoms with Crippen LogP contribution in [0.5, 0.6) is 0 Å². The Labute approximate surface area is 114 Å². The zero-order valence-electron chi connectivity index (χ0n) is 9.59. The first-order chi connectivity index (χ1) is 7.86. The van der Waals surface area contributed by atoms with Crippen LogP contribution in [0.15, 0.2) is 30.3 Å². The van der Waals surface area contributed by atoms with Crippen molar-refractivity contribution in [1.82, 2.24) is 10.2 Å². The lowest BCUT2D eigenvalue weighted by atomic mass is 10.2. The maximum absolute atomic E-state index is 5.60. The van der Waals surface area contributed by atoms with E-state index in [0.29, 0.717) is 11.8 Å². The monoisotopic (exact) mass is 272 g/mol. The zero-order chi connectivity index (χ0) is 11.2. The van der Waals surface area contributed by atoms with E-state index in [4.69, 9.17) is 17.0 Å². The molecule has 1 N–H and O–H groups in total. The highest BCUT2D eigenvalue weighted by molar-refractivity contribution is 7.80. The fraction of sp³-hybridized carbons (Fsp3) is 0.417. The Balaban J connectivity index is 0.00000144. The van der Waals surface area contributed by atoms with Crippen molar-refractivity contribution in [3.8, 4) is 0 Å². The molecule has 5 heteroatoms. The molecule has 1 saturated heterocycles. The number of halogens is 1. The van der Waals surface area contributed by atoms with Gasteiger partial charge in [-0.05, 0) is 17.8 Å². The third-order valence-electron chi connectivity index (χ3n) is 2.58. The predicted molar refractivity (Wildman–Crippen MR) is 75.5 cm³/mol. The molecule has 1 heterocycles. The van der Waals surface area contributed by atoms with Crippen LogP contribution in [0, 0.1) is 0 Å². The largest absolute Gasteiger partial charge is 0.466 e. The van der Waals surface area contributed by atoms with Gasteiger partial charge in [-0.1, -0.05) is 30.3 Å². The van der Waals surface area contributed by atoms with E-state index in [1.165, 1.54) is 0 Å². The van der Waals surface area contributed by atoms with Crippen molar-refractivity contribution >= 4 is 29.8 Å². The van der Waals surface area contributed by atoms with Gasteiger partial charge >= 0.3 is 0 Å². The molecule has 1 aliphatic heterocycles. The third kappa shape index (κ3) is 4.50. The molecular formula is C12H17ClN2OS. The number of nitrogens with one attached hydrogen (secondary N) is 1. The van der Waals surface area contributed by atoms with Gasteiger partial charge in [-0.3, -0.25) is 0 Å². The lowest BCUT2D eigenvalue weighted by molar-refractivity contribution is 0.220. The molecule has 1 aromatic rings. The molecule has 17 heavy (non-hydrogen) atoms. The first kappa shape index (κ1) is 14.2. The van der Waals surface area contributed by atoms with Crippen molar-refractivity contribution in [1.29, 1.82) is 0 Å².